The van der Waals surface area contributed by atoms with E-state index in [1.54, 1.807) is 0 Å². The number of carbonyl (C=O) groups is 1. The van der Waals surface area contributed by atoms with Crippen molar-refractivity contribution in [2.75, 3.05) is 26.7 Å². The molecule has 1 saturated heterocycles. The van der Waals surface area contributed by atoms with E-state index in [9.17, 15) is 4.79 Å². The predicted molar refractivity (Wildman–Crippen MR) is 62.7 cm³/mol. The van der Waals surface area contributed by atoms with E-state index in [0.29, 0.717) is 11.8 Å². The quantitative estimate of drug-likeness (QED) is 0.768. The second-order valence-corrected chi connectivity index (χ2v) is 5.55. The predicted octanol–water partition coefficient (Wildman–Crippen LogP) is 1.49. The summed E-state index contributed by atoms with van der Waals surface area (Å²) in [5.41, 5.74) is -0.224. The Morgan fingerprint density at radius 2 is 2.13 bits per heavy atom. The second-order valence-electron chi connectivity index (χ2n) is 5.55. The maximum atomic E-state index is 12.0. The van der Waals surface area contributed by atoms with Gasteiger partial charge >= 0.3 is 0 Å². The average molecular weight is 212 g/mol. The Hall–Kier alpha value is -0.570. The van der Waals surface area contributed by atoms with Gasteiger partial charge in [-0.3, -0.25) is 4.79 Å². The normalized spacial score (nSPS) is 22.1. The van der Waals surface area contributed by atoms with Gasteiger partial charge in [0, 0.05) is 18.5 Å². The average Bonchev–Trinajstić information content (AvgIpc) is 2.60. The van der Waals surface area contributed by atoms with Gasteiger partial charge in [0.1, 0.15) is 0 Å². The molecule has 3 nitrogen and oxygen atoms in total. The molecular weight excluding hydrogens is 188 g/mol. The number of amides is 1. The molecule has 1 N–H and O–H groups in total. The van der Waals surface area contributed by atoms with Crippen LogP contribution < -0.4 is 5.32 Å². The number of likely N-dealkylation sites (tertiary alicyclic amines) is 1. The summed E-state index contributed by atoms with van der Waals surface area (Å²) in [6.07, 6.45) is 2.36. The summed E-state index contributed by atoms with van der Waals surface area (Å²) in [6, 6.07) is 0. The van der Waals surface area contributed by atoms with Gasteiger partial charge in [0.05, 0.1) is 0 Å². The van der Waals surface area contributed by atoms with Crippen molar-refractivity contribution >= 4 is 5.91 Å². The van der Waals surface area contributed by atoms with E-state index in [-0.39, 0.29) is 5.41 Å². The summed E-state index contributed by atoms with van der Waals surface area (Å²) < 4.78 is 0. The number of nitrogens with one attached hydrogen (secondary N) is 1. The standard InChI is InChI=1S/C12H24N2O/c1-12(2,3)11(15)14-8-6-10(9-14)5-7-13-4/h10,13H,5-9H2,1-4H3. The first-order valence-corrected chi connectivity index (χ1v) is 5.89. The number of hydrogen-bond acceptors (Lipinski definition) is 2. The molecule has 15 heavy (non-hydrogen) atoms. The molecule has 3 heteroatoms. The van der Waals surface area contributed by atoms with Gasteiger partial charge in [-0.25, -0.2) is 0 Å². The van der Waals surface area contributed by atoms with Crippen LogP contribution in [-0.4, -0.2) is 37.5 Å². The molecule has 0 aliphatic carbocycles. The molecular formula is C12H24N2O. The Labute approximate surface area is 93.2 Å². The molecule has 1 rings (SSSR count). The molecule has 1 aliphatic rings. The second kappa shape index (κ2) is 4.97. The van der Waals surface area contributed by atoms with Crippen LogP contribution in [0.3, 0.4) is 0 Å². The Kier molecular flexibility index (Phi) is 4.14. The Morgan fingerprint density at radius 3 is 2.67 bits per heavy atom. The van der Waals surface area contributed by atoms with Crippen LogP contribution in [0.4, 0.5) is 0 Å². The molecule has 0 aromatic rings. The van der Waals surface area contributed by atoms with E-state index < -0.39 is 0 Å². The van der Waals surface area contributed by atoms with Crippen LogP contribution in [-0.2, 0) is 4.79 Å². The largest absolute Gasteiger partial charge is 0.342 e. The topological polar surface area (TPSA) is 32.3 Å². The van der Waals surface area contributed by atoms with Crippen LogP contribution in [0.5, 0.6) is 0 Å². The summed E-state index contributed by atoms with van der Waals surface area (Å²) in [6.45, 7) is 8.95. The lowest BCUT2D eigenvalue weighted by atomic mass is 9.95. The number of nitrogens with zero attached hydrogens (tertiary/aromatic N) is 1. The summed E-state index contributed by atoms with van der Waals surface area (Å²) in [4.78, 5) is 14.0. The third-order valence-electron chi connectivity index (χ3n) is 3.02. The van der Waals surface area contributed by atoms with E-state index >= 15 is 0 Å². The fourth-order valence-corrected chi connectivity index (χ4v) is 2.08. The summed E-state index contributed by atoms with van der Waals surface area (Å²) in [7, 11) is 1.98. The van der Waals surface area contributed by atoms with Gasteiger partial charge in [-0.1, -0.05) is 20.8 Å². The highest BCUT2D eigenvalue weighted by atomic mass is 16.2. The van der Waals surface area contributed by atoms with Crippen molar-refractivity contribution < 1.29 is 4.79 Å². The van der Waals surface area contributed by atoms with Crippen LogP contribution in [0, 0.1) is 11.3 Å². The molecule has 0 spiro atoms. The Morgan fingerprint density at radius 1 is 1.47 bits per heavy atom. The molecule has 1 unspecified atom stereocenters. The molecule has 88 valence electrons. The highest BCUT2D eigenvalue weighted by Crippen LogP contribution is 2.25. The monoisotopic (exact) mass is 212 g/mol. The minimum absolute atomic E-state index is 0.224. The van der Waals surface area contributed by atoms with Gasteiger partial charge in [-0.15, -0.1) is 0 Å². The molecule has 1 heterocycles. The van der Waals surface area contributed by atoms with Crippen molar-refractivity contribution in [2.45, 2.75) is 33.6 Å². The molecule has 0 aromatic carbocycles. The van der Waals surface area contributed by atoms with Crippen molar-refractivity contribution in [3.05, 3.63) is 0 Å². The van der Waals surface area contributed by atoms with Crippen LogP contribution in [0.15, 0.2) is 0 Å². The lowest BCUT2D eigenvalue weighted by molar-refractivity contribution is -0.138. The zero-order chi connectivity index (χ0) is 11.5. The van der Waals surface area contributed by atoms with E-state index in [4.69, 9.17) is 0 Å². The first-order chi connectivity index (χ1) is 6.95. The third-order valence-corrected chi connectivity index (χ3v) is 3.02. The molecule has 0 radical (unpaired) electrons. The molecule has 0 saturated carbocycles. The van der Waals surface area contributed by atoms with E-state index in [1.165, 1.54) is 12.8 Å². The summed E-state index contributed by atoms with van der Waals surface area (Å²) in [5, 5.41) is 3.17. The van der Waals surface area contributed by atoms with Gasteiger partial charge in [0.15, 0.2) is 0 Å². The van der Waals surface area contributed by atoms with Gasteiger partial charge in [0.2, 0.25) is 5.91 Å². The van der Waals surface area contributed by atoms with Crippen molar-refractivity contribution in [3.63, 3.8) is 0 Å². The van der Waals surface area contributed by atoms with Gasteiger partial charge in [-0.05, 0) is 32.4 Å². The highest BCUT2D eigenvalue weighted by Gasteiger charge is 2.32. The molecule has 1 atom stereocenters. The van der Waals surface area contributed by atoms with Crippen molar-refractivity contribution in [1.82, 2.24) is 10.2 Å². The van der Waals surface area contributed by atoms with Crippen LogP contribution in [0.2, 0.25) is 0 Å². The lowest BCUT2D eigenvalue weighted by Crippen LogP contribution is -2.38. The Bertz CT molecular complexity index is 220. The highest BCUT2D eigenvalue weighted by molar-refractivity contribution is 5.81. The fraction of sp³-hybridized carbons (Fsp3) is 0.917. The minimum atomic E-state index is -0.224. The van der Waals surface area contributed by atoms with E-state index in [0.717, 1.165) is 19.6 Å². The fourth-order valence-electron chi connectivity index (χ4n) is 2.08. The maximum absolute atomic E-state index is 12.0. The Balaban J connectivity index is 2.39. The van der Waals surface area contributed by atoms with Gasteiger partial charge in [-0.2, -0.15) is 0 Å². The van der Waals surface area contributed by atoms with Gasteiger partial charge in [0.25, 0.3) is 0 Å². The minimum Gasteiger partial charge on any atom is -0.342 e. The SMILES string of the molecule is CNCCC1CCN(C(=O)C(C)(C)C)C1. The first kappa shape index (κ1) is 12.5. The van der Waals surface area contributed by atoms with Crippen LogP contribution in [0.1, 0.15) is 33.6 Å². The van der Waals surface area contributed by atoms with Crippen molar-refractivity contribution in [2.24, 2.45) is 11.3 Å². The number of rotatable bonds is 3. The van der Waals surface area contributed by atoms with Crippen LogP contribution >= 0.6 is 0 Å². The van der Waals surface area contributed by atoms with Crippen molar-refractivity contribution in [1.29, 1.82) is 0 Å². The van der Waals surface area contributed by atoms with Crippen molar-refractivity contribution in [3.8, 4) is 0 Å². The number of hydrogen-bond donors (Lipinski definition) is 1. The number of carbonyl (C=O) groups excluding carboxylic acids is 1. The third kappa shape index (κ3) is 3.49. The van der Waals surface area contributed by atoms with Crippen LogP contribution in [0.25, 0.3) is 0 Å². The lowest BCUT2D eigenvalue weighted by Gasteiger charge is -2.25. The summed E-state index contributed by atoms with van der Waals surface area (Å²) in [5.74, 6) is 0.998. The molecule has 1 fully saturated rings. The summed E-state index contributed by atoms with van der Waals surface area (Å²) >= 11 is 0. The molecule has 1 amide bonds. The first-order valence-electron chi connectivity index (χ1n) is 5.89. The van der Waals surface area contributed by atoms with E-state index in [1.807, 2.05) is 32.7 Å². The zero-order valence-corrected chi connectivity index (χ0v) is 10.5. The molecule has 0 aromatic heterocycles. The molecule has 0 bridgehead atoms. The van der Waals surface area contributed by atoms with Gasteiger partial charge < -0.3 is 10.2 Å². The van der Waals surface area contributed by atoms with E-state index in [2.05, 4.69) is 5.32 Å². The maximum Gasteiger partial charge on any atom is 0.227 e. The smallest absolute Gasteiger partial charge is 0.227 e. The zero-order valence-electron chi connectivity index (χ0n) is 10.5. The molecule has 1 aliphatic heterocycles.